The van der Waals surface area contributed by atoms with Gasteiger partial charge < -0.3 is 15.2 Å². The molecule has 0 spiro atoms. The Morgan fingerprint density at radius 1 is 1.31 bits per heavy atom. The van der Waals surface area contributed by atoms with Gasteiger partial charge in [0.05, 0.1) is 0 Å². The number of nitrogens with zero attached hydrogens (tertiary/aromatic N) is 1. The van der Waals surface area contributed by atoms with Crippen LogP contribution in [0.3, 0.4) is 0 Å². The lowest BCUT2D eigenvalue weighted by atomic mass is 9.93. The first kappa shape index (κ1) is 18.8. The highest BCUT2D eigenvalue weighted by Gasteiger charge is 2.26. The van der Waals surface area contributed by atoms with E-state index < -0.39 is 0 Å². The Labute approximate surface area is 159 Å². The number of nitrogens with one attached hydrogen (secondary N) is 2. The minimum atomic E-state index is 0.0137. The summed E-state index contributed by atoms with van der Waals surface area (Å²) in [5.74, 6) is 0.487. The third-order valence-electron chi connectivity index (χ3n) is 5.21. The van der Waals surface area contributed by atoms with Crippen molar-refractivity contribution in [1.82, 2.24) is 15.2 Å². The van der Waals surface area contributed by atoms with Gasteiger partial charge in [0, 0.05) is 41.5 Å². The molecule has 0 aliphatic carbocycles. The number of carbonyl (C=O) groups excluding carboxylic acids is 2. The average molecular weight is 376 g/mol. The molecule has 2 aromatic rings. The summed E-state index contributed by atoms with van der Waals surface area (Å²) < 4.78 is 0. The zero-order valence-electron chi connectivity index (χ0n) is 15.3. The number of benzene rings is 1. The molecule has 3 rings (SSSR count). The van der Waals surface area contributed by atoms with Crippen LogP contribution in [-0.2, 0) is 4.79 Å². The first-order valence-electron chi connectivity index (χ1n) is 9.33. The van der Waals surface area contributed by atoms with Crippen molar-refractivity contribution >= 4 is 34.3 Å². The number of rotatable bonds is 5. The lowest BCUT2D eigenvalue weighted by Crippen LogP contribution is -2.40. The van der Waals surface area contributed by atoms with Crippen LogP contribution in [0.15, 0.2) is 24.3 Å². The van der Waals surface area contributed by atoms with Crippen molar-refractivity contribution < 1.29 is 9.59 Å². The molecule has 1 atom stereocenters. The van der Waals surface area contributed by atoms with Gasteiger partial charge in [-0.05, 0) is 56.4 Å². The molecule has 5 nitrogen and oxygen atoms in total. The summed E-state index contributed by atoms with van der Waals surface area (Å²) in [4.78, 5) is 29.8. The van der Waals surface area contributed by atoms with Gasteiger partial charge in [-0.25, -0.2) is 0 Å². The zero-order chi connectivity index (χ0) is 18.7. The molecule has 2 amide bonds. The van der Waals surface area contributed by atoms with Crippen molar-refractivity contribution in [1.29, 1.82) is 0 Å². The SMILES string of the molecule is CC[C@@H](C)NC(=O)CC1CCN(C(=O)c2cc3cc(Cl)ccc3[nH]2)CC1. The Morgan fingerprint density at radius 2 is 2.04 bits per heavy atom. The highest BCUT2D eigenvalue weighted by Crippen LogP contribution is 2.24. The van der Waals surface area contributed by atoms with E-state index in [-0.39, 0.29) is 17.9 Å². The summed E-state index contributed by atoms with van der Waals surface area (Å²) in [6.45, 7) is 5.46. The maximum atomic E-state index is 12.7. The Bertz CT molecular complexity index is 793. The number of hydrogen-bond acceptors (Lipinski definition) is 2. The number of hydrogen-bond donors (Lipinski definition) is 2. The second-order valence-corrected chi connectivity index (χ2v) is 7.67. The van der Waals surface area contributed by atoms with Crippen LogP contribution in [0.5, 0.6) is 0 Å². The van der Waals surface area contributed by atoms with Gasteiger partial charge in [0.15, 0.2) is 0 Å². The molecular weight excluding hydrogens is 350 g/mol. The van der Waals surface area contributed by atoms with Gasteiger partial charge >= 0.3 is 0 Å². The standard InChI is InChI=1S/C20H26ClN3O2/c1-3-13(2)22-19(25)10-14-6-8-24(9-7-14)20(26)18-12-15-11-16(21)4-5-17(15)23-18/h4-5,11-14,23H,3,6-10H2,1-2H3,(H,22,25)/t13-/m1/s1. The van der Waals surface area contributed by atoms with Crippen molar-refractivity contribution in [3.8, 4) is 0 Å². The molecule has 1 aliphatic heterocycles. The summed E-state index contributed by atoms with van der Waals surface area (Å²) in [5, 5.41) is 4.62. The van der Waals surface area contributed by atoms with E-state index in [0.717, 1.165) is 30.2 Å². The fourth-order valence-corrected chi connectivity index (χ4v) is 3.61. The molecule has 0 bridgehead atoms. The van der Waals surface area contributed by atoms with Crippen molar-refractivity contribution in [3.63, 3.8) is 0 Å². The Kier molecular flexibility index (Phi) is 5.87. The Morgan fingerprint density at radius 3 is 2.73 bits per heavy atom. The summed E-state index contributed by atoms with van der Waals surface area (Å²) in [7, 11) is 0. The maximum Gasteiger partial charge on any atom is 0.270 e. The molecular formula is C20H26ClN3O2. The van der Waals surface area contributed by atoms with Crippen LogP contribution in [0.1, 0.15) is 50.0 Å². The number of halogens is 1. The number of fused-ring (bicyclic) bond motifs is 1. The van der Waals surface area contributed by atoms with E-state index in [1.54, 1.807) is 0 Å². The number of aromatic nitrogens is 1. The van der Waals surface area contributed by atoms with Crippen LogP contribution in [0.4, 0.5) is 0 Å². The van der Waals surface area contributed by atoms with E-state index in [1.165, 1.54) is 0 Å². The van der Waals surface area contributed by atoms with Gasteiger partial charge in [-0.2, -0.15) is 0 Å². The van der Waals surface area contributed by atoms with E-state index >= 15 is 0 Å². The molecule has 2 heterocycles. The van der Waals surface area contributed by atoms with Crippen molar-refractivity contribution in [3.05, 3.63) is 35.0 Å². The normalized spacial score (nSPS) is 16.7. The summed E-state index contributed by atoms with van der Waals surface area (Å²) in [6, 6.07) is 7.63. The van der Waals surface area contributed by atoms with E-state index in [0.29, 0.717) is 36.1 Å². The molecule has 140 valence electrons. The molecule has 1 aromatic heterocycles. The van der Waals surface area contributed by atoms with Gasteiger partial charge in [-0.15, -0.1) is 0 Å². The van der Waals surface area contributed by atoms with Crippen LogP contribution in [0, 0.1) is 5.92 Å². The third kappa shape index (κ3) is 4.39. The first-order valence-corrected chi connectivity index (χ1v) is 9.71. The van der Waals surface area contributed by atoms with E-state index in [4.69, 9.17) is 11.6 Å². The number of H-pyrrole nitrogens is 1. The topological polar surface area (TPSA) is 65.2 Å². The maximum absolute atomic E-state index is 12.7. The summed E-state index contributed by atoms with van der Waals surface area (Å²) in [5.41, 5.74) is 1.50. The minimum Gasteiger partial charge on any atom is -0.354 e. The smallest absolute Gasteiger partial charge is 0.270 e. The second-order valence-electron chi connectivity index (χ2n) is 7.23. The van der Waals surface area contributed by atoms with Crippen LogP contribution in [-0.4, -0.2) is 40.8 Å². The lowest BCUT2D eigenvalue weighted by Gasteiger charge is -2.31. The number of carbonyl (C=O) groups is 2. The highest BCUT2D eigenvalue weighted by molar-refractivity contribution is 6.31. The highest BCUT2D eigenvalue weighted by atomic mass is 35.5. The largest absolute Gasteiger partial charge is 0.354 e. The summed E-state index contributed by atoms with van der Waals surface area (Å²) >= 11 is 6.01. The van der Waals surface area contributed by atoms with Crippen molar-refractivity contribution in [2.75, 3.05) is 13.1 Å². The molecule has 6 heteroatoms. The molecule has 26 heavy (non-hydrogen) atoms. The zero-order valence-corrected chi connectivity index (χ0v) is 16.1. The molecule has 1 fully saturated rings. The van der Waals surface area contributed by atoms with Gasteiger partial charge in [-0.1, -0.05) is 18.5 Å². The molecule has 0 unspecified atom stereocenters. The quantitative estimate of drug-likeness (QED) is 0.830. The molecule has 0 saturated carbocycles. The van der Waals surface area contributed by atoms with Crippen LogP contribution >= 0.6 is 11.6 Å². The second kappa shape index (κ2) is 8.12. The predicted molar refractivity (Wildman–Crippen MR) is 104 cm³/mol. The van der Waals surface area contributed by atoms with Crippen LogP contribution < -0.4 is 5.32 Å². The fourth-order valence-electron chi connectivity index (χ4n) is 3.43. The van der Waals surface area contributed by atoms with E-state index in [1.807, 2.05) is 36.1 Å². The molecule has 1 saturated heterocycles. The molecule has 2 N–H and O–H groups in total. The average Bonchev–Trinajstić information content (AvgIpc) is 3.04. The Balaban J connectivity index is 1.55. The monoisotopic (exact) mass is 375 g/mol. The van der Waals surface area contributed by atoms with Gasteiger partial charge in [-0.3, -0.25) is 9.59 Å². The number of likely N-dealkylation sites (tertiary alicyclic amines) is 1. The number of amides is 2. The lowest BCUT2D eigenvalue weighted by molar-refractivity contribution is -0.122. The van der Waals surface area contributed by atoms with Gasteiger partial charge in [0.1, 0.15) is 5.69 Å². The minimum absolute atomic E-state index is 0.0137. The van der Waals surface area contributed by atoms with E-state index in [9.17, 15) is 9.59 Å². The Hall–Kier alpha value is -2.01. The molecule has 1 aliphatic rings. The van der Waals surface area contributed by atoms with Crippen LogP contribution in [0.25, 0.3) is 10.9 Å². The van der Waals surface area contributed by atoms with Crippen molar-refractivity contribution in [2.24, 2.45) is 5.92 Å². The molecule has 0 radical (unpaired) electrons. The van der Waals surface area contributed by atoms with Gasteiger partial charge in [0.2, 0.25) is 5.91 Å². The predicted octanol–water partition coefficient (Wildman–Crippen LogP) is 3.98. The molecule has 1 aromatic carbocycles. The third-order valence-corrected chi connectivity index (χ3v) is 5.44. The van der Waals surface area contributed by atoms with Crippen LogP contribution in [0.2, 0.25) is 5.02 Å². The number of aromatic amines is 1. The fraction of sp³-hybridized carbons (Fsp3) is 0.500. The van der Waals surface area contributed by atoms with Crippen molar-refractivity contribution in [2.45, 2.75) is 45.6 Å². The van der Waals surface area contributed by atoms with Gasteiger partial charge in [0.25, 0.3) is 5.91 Å². The van der Waals surface area contributed by atoms with E-state index in [2.05, 4.69) is 17.2 Å². The first-order chi connectivity index (χ1) is 12.5. The summed E-state index contributed by atoms with van der Waals surface area (Å²) in [6.07, 6.45) is 3.23. The number of piperidine rings is 1.